The first-order valence-corrected chi connectivity index (χ1v) is 6.75. The number of rotatable bonds is 3. The molecule has 6 heteroatoms. The van der Waals surface area contributed by atoms with Crippen LogP contribution in [0.3, 0.4) is 0 Å². The van der Waals surface area contributed by atoms with E-state index in [1.807, 2.05) is 0 Å². The molecule has 0 aromatic heterocycles. The van der Waals surface area contributed by atoms with Gasteiger partial charge in [-0.2, -0.15) is 0 Å². The van der Waals surface area contributed by atoms with Gasteiger partial charge in [-0.25, -0.2) is 9.59 Å². The first-order valence-electron chi connectivity index (χ1n) is 6.75. The van der Waals surface area contributed by atoms with E-state index in [0.717, 1.165) is 5.56 Å². The number of methoxy groups -OCH3 is 2. The number of allylic oxidation sites excluding steroid dienone is 1. The van der Waals surface area contributed by atoms with Crippen LogP contribution in [0.25, 0.3) is 0 Å². The third kappa shape index (κ3) is 3.00. The Bertz CT molecular complexity index is 645. The summed E-state index contributed by atoms with van der Waals surface area (Å²) in [6, 6.07) is 6.65. The molecule has 1 amide bonds. The van der Waals surface area contributed by atoms with Gasteiger partial charge in [0.15, 0.2) is 0 Å². The summed E-state index contributed by atoms with van der Waals surface area (Å²) in [6.45, 7) is 1.67. The van der Waals surface area contributed by atoms with E-state index in [2.05, 4.69) is 10.1 Å². The fraction of sp³-hybridized carbons (Fsp3) is 0.312. The van der Waals surface area contributed by atoms with Gasteiger partial charge in [-0.3, -0.25) is 4.79 Å². The summed E-state index contributed by atoms with van der Waals surface area (Å²) < 4.78 is 9.45. The Balaban J connectivity index is 2.40. The smallest absolute Gasteiger partial charge is 0.337 e. The fourth-order valence-corrected chi connectivity index (χ4v) is 2.54. The average Bonchev–Trinajstić information content (AvgIpc) is 2.53. The van der Waals surface area contributed by atoms with E-state index < -0.39 is 17.9 Å². The Morgan fingerprint density at radius 2 is 1.68 bits per heavy atom. The SMILES string of the molecule is COC(=O)C1=C(C)NC(=O)C[C@@H]1c1ccc(C(=O)OC)cc1. The van der Waals surface area contributed by atoms with Crippen molar-refractivity contribution in [2.45, 2.75) is 19.3 Å². The minimum atomic E-state index is -0.473. The maximum absolute atomic E-state index is 12.0. The van der Waals surface area contributed by atoms with Crippen molar-refractivity contribution in [1.29, 1.82) is 0 Å². The molecule has 0 saturated heterocycles. The van der Waals surface area contributed by atoms with E-state index >= 15 is 0 Å². The van der Waals surface area contributed by atoms with Gasteiger partial charge in [0.05, 0.1) is 25.4 Å². The number of carbonyl (C=O) groups is 3. The molecule has 0 unspecified atom stereocenters. The lowest BCUT2D eigenvalue weighted by Gasteiger charge is -2.26. The van der Waals surface area contributed by atoms with Crippen molar-refractivity contribution in [2.24, 2.45) is 0 Å². The zero-order chi connectivity index (χ0) is 16.3. The predicted octanol–water partition coefficient (Wildman–Crippen LogP) is 1.52. The van der Waals surface area contributed by atoms with Crippen LogP contribution in [0, 0.1) is 0 Å². The van der Waals surface area contributed by atoms with Crippen LogP contribution in [0.1, 0.15) is 35.2 Å². The zero-order valence-electron chi connectivity index (χ0n) is 12.6. The minimum absolute atomic E-state index is 0.152. The minimum Gasteiger partial charge on any atom is -0.466 e. The molecule has 1 N–H and O–H groups in total. The van der Waals surface area contributed by atoms with Crippen molar-refractivity contribution in [1.82, 2.24) is 5.32 Å². The van der Waals surface area contributed by atoms with Crippen molar-refractivity contribution in [2.75, 3.05) is 14.2 Å². The summed E-state index contributed by atoms with van der Waals surface area (Å²) >= 11 is 0. The van der Waals surface area contributed by atoms with Crippen LogP contribution >= 0.6 is 0 Å². The van der Waals surface area contributed by atoms with Crippen molar-refractivity contribution < 1.29 is 23.9 Å². The Morgan fingerprint density at radius 1 is 1.09 bits per heavy atom. The molecule has 2 rings (SSSR count). The Hall–Kier alpha value is -2.63. The monoisotopic (exact) mass is 303 g/mol. The van der Waals surface area contributed by atoms with E-state index in [9.17, 15) is 14.4 Å². The molecule has 0 radical (unpaired) electrons. The second kappa shape index (κ2) is 6.43. The number of hydrogen-bond donors (Lipinski definition) is 1. The second-order valence-electron chi connectivity index (χ2n) is 4.95. The molecule has 0 bridgehead atoms. The van der Waals surface area contributed by atoms with E-state index in [4.69, 9.17) is 4.74 Å². The lowest BCUT2D eigenvalue weighted by atomic mass is 9.84. The number of amides is 1. The molecule has 1 aromatic carbocycles. The first kappa shape index (κ1) is 15.8. The standard InChI is InChI=1S/C16H17NO5/c1-9-14(16(20)22-3)12(8-13(18)17-9)10-4-6-11(7-5-10)15(19)21-2/h4-7,12H,8H2,1-3H3,(H,17,18)/t12-/m1/s1. The largest absolute Gasteiger partial charge is 0.466 e. The highest BCUT2D eigenvalue weighted by atomic mass is 16.5. The van der Waals surface area contributed by atoms with Crippen molar-refractivity contribution in [3.63, 3.8) is 0 Å². The summed E-state index contributed by atoms with van der Waals surface area (Å²) in [5, 5.41) is 2.65. The van der Waals surface area contributed by atoms with Crippen LogP contribution in [-0.4, -0.2) is 32.1 Å². The summed E-state index contributed by atoms with van der Waals surface area (Å²) in [4.78, 5) is 35.2. The number of nitrogens with one attached hydrogen (secondary N) is 1. The lowest BCUT2D eigenvalue weighted by Crippen LogP contribution is -2.34. The molecule has 116 valence electrons. The molecule has 1 aromatic rings. The molecule has 22 heavy (non-hydrogen) atoms. The van der Waals surface area contributed by atoms with Gasteiger partial charge in [0.1, 0.15) is 0 Å². The topological polar surface area (TPSA) is 81.7 Å². The van der Waals surface area contributed by atoms with Crippen LogP contribution in [0.2, 0.25) is 0 Å². The molecule has 1 atom stereocenters. The van der Waals surface area contributed by atoms with Gasteiger partial charge < -0.3 is 14.8 Å². The van der Waals surface area contributed by atoms with Crippen molar-refractivity contribution in [3.8, 4) is 0 Å². The van der Waals surface area contributed by atoms with Gasteiger partial charge in [0, 0.05) is 18.0 Å². The van der Waals surface area contributed by atoms with Gasteiger partial charge in [-0.05, 0) is 24.6 Å². The molecule has 6 nitrogen and oxygen atoms in total. The predicted molar refractivity (Wildman–Crippen MR) is 78.0 cm³/mol. The normalized spacial score (nSPS) is 17.8. The number of ether oxygens (including phenoxy) is 2. The molecule has 0 aliphatic carbocycles. The Kier molecular flexibility index (Phi) is 4.60. The molecule has 1 heterocycles. The van der Waals surface area contributed by atoms with Crippen LogP contribution in [-0.2, 0) is 19.1 Å². The quantitative estimate of drug-likeness (QED) is 0.856. The molecular formula is C16H17NO5. The molecular weight excluding hydrogens is 286 g/mol. The van der Waals surface area contributed by atoms with Crippen LogP contribution in [0.15, 0.2) is 35.5 Å². The summed E-state index contributed by atoms with van der Waals surface area (Å²) in [6.07, 6.45) is 0.152. The highest BCUT2D eigenvalue weighted by Crippen LogP contribution is 2.33. The number of carbonyl (C=O) groups excluding carboxylic acids is 3. The third-order valence-corrected chi connectivity index (χ3v) is 3.61. The average molecular weight is 303 g/mol. The Labute approximate surface area is 128 Å². The maximum atomic E-state index is 12.0. The molecule has 0 spiro atoms. The maximum Gasteiger partial charge on any atom is 0.337 e. The van der Waals surface area contributed by atoms with Gasteiger partial charge in [-0.15, -0.1) is 0 Å². The van der Waals surface area contributed by atoms with Crippen molar-refractivity contribution >= 4 is 17.8 Å². The van der Waals surface area contributed by atoms with E-state index in [1.54, 1.807) is 31.2 Å². The number of benzene rings is 1. The fourth-order valence-electron chi connectivity index (χ4n) is 2.54. The van der Waals surface area contributed by atoms with Crippen LogP contribution in [0.4, 0.5) is 0 Å². The van der Waals surface area contributed by atoms with Gasteiger partial charge in [-0.1, -0.05) is 12.1 Å². The summed E-state index contributed by atoms with van der Waals surface area (Å²) in [7, 11) is 2.61. The van der Waals surface area contributed by atoms with Crippen molar-refractivity contribution in [3.05, 3.63) is 46.7 Å². The first-order chi connectivity index (χ1) is 10.5. The highest BCUT2D eigenvalue weighted by Gasteiger charge is 2.32. The number of hydrogen-bond acceptors (Lipinski definition) is 5. The molecule has 0 fully saturated rings. The zero-order valence-corrected chi connectivity index (χ0v) is 12.6. The Morgan fingerprint density at radius 3 is 2.23 bits per heavy atom. The molecule has 1 aliphatic rings. The highest BCUT2D eigenvalue weighted by molar-refractivity contribution is 5.96. The van der Waals surface area contributed by atoms with Gasteiger partial charge >= 0.3 is 11.9 Å². The second-order valence-corrected chi connectivity index (χ2v) is 4.95. The third-order valence-electron chi connectivity index (χ3n) is 3.61. The number of esters is 2. The summed E-state index contributed by atoms with van der Waals surface area (Å²) in [5.41, 5.74) is 2.09. The molecule has 1 aliphatic heterocycles. The van der Waals surface area contributed by atoms with Gasteiger partial charge in [0.25, 0.3) is 0 Å². The van der Waals surface area contributed by atoms with Crippen LogP contribution < -0.4 is 5.32 Å². The lowest BCUT2D eigenvalue weighted by molar-refractivity contribution is -0.136. The van der Waals surface area contributed by atoms with Gasteiger partial charge in [0.2, 0.25) is 5.91 Å². The summed E-state index contributed by atoms with van der Waals surface area (Å²) in [5.74, 6) is -1.47. The van der Waals surface area contributed by atoms with E-state index in [1.165, 1.54) is 14.2 Å². The van der Waals surface area contributed by atoms with Crippen LogP contribution in [0.5, 0.6) is 0 Å². The van der Waals surface area contributed by atoms with E-state index in [0.29, 0.717) is 16.8 Å². The molecule has 0 saturated carbocycles. The van der Waals surface area contributed by atoms with E-state index in [-0.39, 0.29) is 12.3 Å².